The lowest BCUT2D eigenvalue weighted by atomic mass is 9.85. The quantitative estimate of drug-likeness (QED) is 0.693. The third kappa shape index (κ3) is 2.46. The fraction of sp³-hybridized carbons (Fsp3) is 0.923. The van der Waals surface area contributed by atoms with Gasteiger partial charge >= 0.3 is 0 Å². The van der Waals surface area contributed by atoms with Gasteiger partial charge in [-0.15, -0.1) is 0 Å². The summed E-state index contributed by atoms with van der Waals surface area (Å²) in [6.45, 7) is 2.63. The topological polar surface area (TPSA) is 35.5 Å². The second kappa shape index (κ2) is 5.28. The Kier molecular flexibility index (Phi) is 3.98. The molecule has 2 aliphatic carbocycles. The van der Waals surface area contributed by atoms with E-state index < -0.39 is 0 Å². The maximum Gasteiger partial charge on any atom is 0.146 e. The van der Waals surface area contributed by atoms with Crippen LogP contribution < -0.4 is 0 Å². The largest absolute Gasteiger partial charge is 0.359 e. The van der Waals surface area contributed by atoms with Crippen LogP contribution in [0.3, 0.4) is 0 Å². The van der Waals surface area contributed by atoms with Crippen molar-refractivity contribution in [2.75, 3.05) is 13.9 Å². The molecule has 0 unspecified atom stereocenters. The van der Waals surface area contributed by atoms with Crippen LogP contribution in [0.1, 0.15) is 39.0 Å². The molecule has 4 atom stereocenters. The molecule has 2 aliphatic rings. The maximum absolute atomic E-state index is 12.0. The molecule has 2 rings (SSSR count). The summed E-state index contributed by atoms with van der Waals surface area (Å²) < 4.78 is 10.6. The zero-order chi connectivity index (χ0) is 11.5. The molecule has 3 heteroatoms. The fourth-order valence-electron chi connectivity index (χ4n) is 3.29. The molecule has 0 aromatic heterocycles. The zero-order valence-corrected chi connectivity index (χ0v) is 10.3. The van der Waals surface area contributed by atoms with E-state index in [0.717, 1.165) is 19.3 Å². The number of ether oxygens (including phenoxy) is 2. The van der Waals surface area contributed by atoms with Crippen molar-refractivity contribution >= 4 is 5.78 Å². The first-order valence-corrected chi connectivity index (χ1v) is 6.35. The van der Waals surface area contributed by atoms with Crippen LogP contribution >= 0.6 is 0 Å². The van der Waals surface area contributed by atoms with Gasteiger partial charge in [0.2, 0.25) is 0 Å². The van der Waals surface area contributed by atoms with E-state index in [2.05, 4.69) is 6.92 Å². The van der Waals surface area contributed by atoms with Gasteiger partial charge in [-0.2, -0.15) is 0 Å². The van der Waals surface area contributed by atoms with Gasteiger partial charge in [-0.1, -0.05) is 6.92 Å². The van der Waals surface area contributed by atoms with E-state index in [1.54, 1.807) is 7.11 Å². The Bertz CT molecular complexity index is 252. The second-order valence-electron chi connectivity index (χ2n) is 5.26. The highest BCUT2D eigenvalue weighted by Crippen LogP contribution is 2.43. The number of hydrogen-bond acceptors (Lipinski definition) is 3. The smallest absolute Gasteiger partial charge is 0.146 e. The van der Waals surface area contributed by atoms with Crippen LogP contribution in [0.15, 0.2) is 0 Å². The summed E-state index contributed by atoms with van der Waals surface area (Å²) in [6.07, 6.45) is 5.14. The van der Waals surface area contributed by atoms with Crippen LogP contribution in [0.25, 0.3) is 0 Å². The van der Waals surface area contributed by atoms with Crippen molar-refractivity contribution in [1.82, 2.24) is 0 Å². The van der Waals surface area contributed by atoms with Crippen LogP contribution in [0.5, 0.6) is 0 Å². The summed E-state index contributed by atoms with van der Waals surface area (Å²) in [4.78, 5) is 12.0. The Morgan fingerprint density at radius 1 is 1.31 bits per heavy atom. The average molecular weight is 226 g/mol. The van der Waals surface area contributed by atoms with Gasteiger partial charge < -0.3 is 9.47 Å². The molecule has 0 amide bonds. The third-order valence-electron chi connectivity index (χ3n) is 4.26. The van der Waals surface area contributed by atoms with E-state index in [4.69, 9.17) is 9.47 Å². The lowest BCUT2D eigenvalue weighted by Crippen LogP contribution is -2.22. The Labute approximate surface area is 97.5 Å². The van der Waals surface area contributed by atoms with Gasteiger partial charge in [0, 0.05) is 19.4 Å². The molecular formula is C13H22O3. The Morgan fingerprint density at radius 3 is 2.88 bits per heavy atom. The molecular weight excluding hydrogens is 204 g/mol. The summed E-state index contributed by atoms with van der Waals surface area (Å²) in [5, 5.41) is 0. The number of carbonyl (C=O) groups is 1. The predicted octanol–water partition coefficient (Wildman–Crippen LogP) is 2.39. The minimum absolute atomic E-state index is 0.222. The first kappa shape index (κ1) is 12.1. The standard InChI is InChI=1S/C13H22O3/c1-9-3-5-11-12(9)7-10(16-8-15-2)4-6-13(11)14/h9-12H,3-8H2,1-2H3/t9-,10+,11-,12-/m1/s1. The van der Waals surface area contributed by atoms with E-state index in [1.807, 2.05) is 0 Å². The van der Waals surface area contributed by atoms with Gasteiger partial charge in [0.25, 0.3) is 0 Å². The molecule has 0 aromatic carbocycles. The van der Waals surface area contributed by atoms with E-state index in [1.165, 1.54) is 6.42 Å². The fourth-order valence-corrected chi connectivity index (χ4v) is 3.29. The van der Waals surface area contributed by atoms with Gasteiger partial charge in [-0.25, -0.2) is 0 Å². The molecule has 0 N–H and O–H groups in total. The van der Waals surface area contributed by atoms with Crippen molar-refractivity contribution in [2.45, 2.75) is 45.1 Å². The van der Waals surface area contributed by atoms with E-state index in [0.29, 0.717) is 36.8 Å². The van der Waals surface area contributed by atoms with Gasteiger partial charge in [0.1, 0.15) is 12.6 Å². The molecule has 0 heterocycles. The molecule has 2 saturated carbocycles. The van der Waals surface area contributed by atoms with Crippen molar-refractivity contribution in [1.29, 1.82) is 0 Å². The number of carbonyl (C=O) groups excluding carboxylic acids is 1. The first-order chi connectivity index (χ1) is 7.72. The number of hydrogen-bond donors (Lipinski definition) is 0. The van der Waals surface area contributed by atoms with Crippen molar-refractivity contribution in [3.05, 3.63) is 0 Å². The summed E-state index contributed by atoms with van der Waals surface area (Å²) in [7, 11) is 1.64. The van der Waals surface area contributed by atoms with Gasteiger partial charge in [-0.05, 0) is 37.5 Å². The van der Waals surface area contributed by atoms with E-state index >= 15 is 0 Å². The Hall–Kier alpha value is -0.410. The SMILES string of the molecule is COCO[C@H]1CCC(=O)[C@@H]2CC[C@@H](C)[C@H]2C1. The lowest BCUT2D eigenvalue weighted by Gasteiger charge is -2.22. The molecule has 0 bridgehead atoms. The number of ketones is 1. The second-order valence-corrected chi connectivity index (χ2v) is 5.26. The molecule has 0 aliphatic heterocycles. The number of Topliss-reactive ketones (excluding diaryl/α,β-unsaturated/α-hetero) is 1. The molecule has 0 aromatic rings. The molecule has 92 valence electrons. The van der Waals surface area contributed by atoms with Crippen LogP contribution in [-0.4, -0.2) is 25.8 Å². The van der Waals surface area contributed by atoms with Crippen molar-refractivity contribution in [3.8, 4) is 0 Å². The van der Waals surface area contributed by atoms with Crippen LogP contribution in [0, 0.1) is 17.8 Å². The van der Waals surface area contributed by atoms with Gasteiger partial charge in [0.05, 0.1) is 6.10 Å². The highest BCUT2D eigenvalue weighted by molar-refractivity contribution is 5.82. The molecule has 3 nitrogen and oxygen atoms in total. The van der Waals surface area contributed by atoms with Gasteiger partial charge in [0.15, 0.2) is 0 Å². The lowest BCUT2D eigenvalue weighted by molar-refractivity contribution is -0.123. The minimum atomic E-state index is 0.222. The van der Waals surface area contributed by atoms with E-state index in [9.17, 15) is 4.79 Å². The third-order valence-corrected chi connectivity index (χ3v) is 4.26. The predicted molar refractivity (Wildman–Crippen MR) is 61.0 cm³/mol. The Morgan fingerprint density at radius 2 is 2.12 bits per heavy atom. The summed E-state index contributed by atoms with van der Waals surface area (Å²) in [5.41, 5.74) is 0. The van der Waals surface area contributed by atoms with Crippen LogP contribution in [-0.2, 0) is 14.3 Å². The number of methoxy groups -OCH3 is 1. The normalized spacial score (nSPS) is 39.5. The molecule has 16 heavy (non-hydrogen) atoms. The molecule has 0 radical (unpaired) electrons. The van der Waals surface area contributed by atoms with Crippen molar-refractivity contribution in [3.63, 3.8) is 0 Å². The molecule has 0 spiro atoms. The van der Waals surface area contributed by atoms with Crippen LogP contribution in [0.2, 0.25) is 0 Å². The van der Waals surface area contributed by atoms with Crippen LogP contribution in [0.4, 0.5) is 0 Å². The number of fused-ring (bicyclic) bond motifs is 1. The summed E-state index contributed by atoms with van der Waals surface area (Å²) in [5.74, 6) is 2.03. The molecule has 2 fully saturated rings. The van der Waals surface area contributed by atoms with Crippen molar-refractivity contribution in [2.24, 2.45) is 17.8 Å². The van der Waals surface area contributed by atoms with E-state index in [-0.39, 0.29) is 6.10 Å². The highest BCUT2D eigenvalue weighted by atomic mass is 16.7. The monoisotopic (exact) mass is 226 g/mol. The average Bonchev–Trinajstić information content (AvgIpc) is 2.55. The Balaban J connectivity index is 1.99. The summed E-state index contributed by atoms with van der Waals surface area (Å²) >= 11 is 0. The highest BCUT2D eigenvalue weighted by Gasteiger charge is 2.41. The zero-order valence-electron chi connectivity index (χ0n) is 10.3. The van der Waals surface area contributed by atoms with Crippen molar-refractivity contribution < 1.29 is 14.3 Å². The number of rotatable bonds is 3. The minimum Gasteiger partial charge on any atom is -0.359 e. The summed E-state index contributed by atoms with van der Waals surface area (Å²) in [6, 6.07) is 0. The molecule has 0 saturated heterocycles. The maximum atomic E-state index is 12.0. The van der Waals surface area contributed by atoms with Gasteiger partial charge in [-0.3, -0.25) is 4.79 Å². The first-order valence-electron chi connectivity index (χ1n) is 6.35.